The predicted octanol–water partition coefficient (Wildman–Crippen LogP) is 2.79. The number of hydrogen-bond donors (Lipinski definition) is 3. The van der Waals surface area contributed by atoms with Crippen molar-refractivity contribution in [1.29, 1.82) is 0 Å². The number of phenolic OH excluding ortho intramolecular Hbond substituents is 1. The second kappa shape index (κ2) is 9.41. The lowest BCUT2D eigenvalue weighted by molar-refractivity contribution is -0.113. The minimum Gasteiger partial charge on any atom is -0.508 e. The lowest BCUT2D eigenvalue weighted by Crippen LogP contribution is -2.46. The molecule has 0 spiro atoms. The van der Waals surface area contributed by atoms with E-state index in [-0.39, 0.29) is 23.3 Å². The molecule has 0 saturated carbocycles. The van der Waals surface area contributed by atoms with Gasteiger partial charge in [-0.25, -0.2) is 13.1 Å². The molecule has 0 bridgehead atoms. The zero-order valence-corrected chi connectivity index (χ0v) is 18.5. The van der Waals surface area contributed by atoms with Gasteiger partial charge in [-0.15, -0.1) is 0 Å². The molecule has 3 unspecified atom stereocenters. The minimum absolute atomic E-state index is 0.0266. The van der Waals surface area contributed by atoms with E-state index in [1.165, 1.54) is 0 Å². The van der Waals surface area contributed by atoms with Gasteiger partial charge in [-0.05, 0) is 44.0 Å². The number of phenols is 1. The third kappa shape index (κ3) is 5.36. The maximum absolute atomic E-state index is 12.5. The average molecular weight is 459 g/mol. The molecule has 0 aliphatic carbocycles. The number of rotatable bonds is 7. The van der Waals surface area contributed by atoms with E-state index in [0.29, 0.717) is 36.3 Å². The van der Waals surface area contributed by atoms with Gasteiger partial charge in [0.05, 0.1) is 28.9 Å². The lowest BCUT2D eigenvalue weighted by Gasteiger charge is -2.33. The van der Waals surface area contributed by atoms with Crippen LogP contribution in [-0.4, -0.2) is 48.6 Å². The maximum Gasteiger partial charge on any atom is 0.240 e. The van der Waals surface area contributed by atoms with Crippen molar-refractivity contribution in [2.75, 3.05) is 6.54 Å². The molecule has 2 heterocycles. The van der Waals surface area contributed by atoms with Crippen molar-refractivity contribution >= 4 is 10.0 Å². The van der Waals surface area contributed by atoms with Crippen molar-refractivity contribution in [3.63, 3.8) is 0 Å². The first-order valence-corrected chi connectivity index (χ1v) is 11.9. The maximum atomic E-state index is 12.5. The smallest absolute Gasteiger partial charge is 0.240 e. The van der Waals surface area contributed by atoms with Gasteiger partial charge in [-0.2, -0.15) is 0 Å². The highest BCUT2D eigenvalue weighted by Gasteiger charge is 2.31. The Balaban J connectivity index is 1.37. The molecule has 1 fully saturated rings. The Hall–Kier alpha value is -2.72. The van der Waals surface area contributed by atoms with Crippen molar-refractivity contribution < 1.29 is 27.9 Å². The lowest BCUT2D eigenvalue weighted by atomic mass is 9.98. The van der Waals surface area contributed by atoms with E-state index in [9.17, 15) is 18.6 Å². The van der Waals surface area contributed by atoms with Crippen molar-refractivity contribution in [2.24, 2.45) is 0 Å². The van der Waals surface area contributed by atoms with Gasteiger partial charge in [-0.1, -0.05) is 35.0 Å². The van der Waals surface area contributed by atoms with Gasteiger partial charge in [0, 0.05) is 24.6 Å². The molecule has 3 aromatic rings. The molecule has 4 rings (SSSR count). The largest absolute Gasteiger partial charge is 0.508 e. The van der Waals surface area contributed by atoms with Gasteiger partial charge < -0.3 is 19.5 Å². The van der Waals surface area contributed by atoms with Crippen LogP contribution >= 0.6 is 0 Å². The van der Waals surface area contributed by atoms with Crippen LogP contribution in [0.5, 0.6) is 5.75 Å². The van der Waals surface area contributed by atoms with Crippen LogP contribution in [0.4, 0.5) is 0 Å². The van der Waals surface area contributed by atoms with Gasteiger partial charge in [-0.3, -0.25) is 0 Å². The molecule has 3 N–H and O–H groups in total. The zero-order chi connectivity index (χ0) is 22.7. The van der Waals surface area contributed by atoms with E-state index in [0.717, 1.165) is 5.56 Å². The van der Waals surface area contributed by atoms with Crippen LogP contribution in [0.3, 0.4) is 0 Å². The summed E-state index contributed by atoms with van der Waals surface area (Å²) in [5.74, 6) is 0.676. The fraction of sp³-hybridized carbons (Fsp3) is 0.348. The fourth-order valence-corrected chi connectivity index (χ4v) is 4.76. The number of benzene rings is 2. The number of ether oxygens (including phenoxy) is 1. The van der Waals surface area contributed by atoms with Crippen LogP contribution in [0, 0.1) is 6.92 Å². The van der Waals surface area contributed by atoms with E-state index < -0.39 is 22.2 Å². The Labute approximate surface area is 186 Å². The van der Waals surface area contributed by atoms with E-state index in [1.807, 2.05) is 13.0 Å². The first kappa shape index (κ1) is 22.5. The fourth-order valence-electron chi connectivity index (χ4n) is 3.71. The summed E-state index contributed by atoms with van der Waals surface area (Å²) in [7, 11) is -3.70. The van der Waals surface area contributed by atoms with Crippen LogP contribution in [0.2, 0.25) is 0 Å². The predicted molar refractivity (Wildman–Crippen MR) is 118 cm³/mol. The van der Waals surface area contributed by atoms with Crippen LogP contribution in [0.25, 0.3) is 11.3 Å². The third-order valence-corrected chi connectivity index (χ3v) is 6.95. The highest BCUT2D eigenvalue weighted by Crippen LogP contribution is 2.27. The molecule has 1 aliphatic rings. The molecule has 9 heteroatoms. The Bertz CT molecular complexity index is 1160. The summed E-state index contributed by atoms with van der Waals surface area (Å²) in [6, 6.07) is 15.1. The Morgan fingerprint density at radius 2 is 1.91 bits per heavy atom. The molecule has 32 heavy (non-hydrogen) atoms. The number of aromatic nitrogens is 1. The second-order valence-electron chi connectivity index (χ2n) is 8.04. The van der Waals surface area contributed by atoms with Gasteiger partial charge in [0.2, 0.25) is 10.0 Å². The van der Waals surface area contributed by atoms with Crippen molar-refractivity contribution in [3.05, 3.63) is 65.9 Å². The van der Waals surface area contributed by atoms with E-state index >= 15 is 0 Å². The number of aliphatic hydroxyl groups is 1. The Morgan fingerprint density at radius 3 is 2.66 bits per heavy atom. The molecular weight excluding hydrogens is 432 g/mol. The molecule has 8 nitrogen and oxygen atoms in total. The molecule has 3 atom stereocenters. The molecular formula is C23H26N2O6S. The van der Waals surface area contributed by atoms with Gasteiger partial charge in [0.1, 0.15) is 5.75 Å². The first-order valence-electron chi connectivity index (χ1n) is 10.4. The van der Waals surface area contributed by atoms with Crippen molar-refractivity contribution in [2.45, 2.75) is 49.4 Å². The molecule has 1 saturated heterocycles. The van der Waals surface area contributed by atoms with Crippen LogP contribution < -0.4 is 4.72 Å². The number of aliphatic hydroxyl groups excluding tert-OH is 1. The highest BCUT2D eigenvalue weighted by molar-refractivity contribution is 7.89. The average Bonchev–Trinajstić information content (AvgIpc) is 3.23. The summed E-state index contributed by atoms with van der Waals surface area (Å²) in [4.78, 5) is 0.173. The van der Waals surface area contributed by atoms with Crippen molar-refractivity contribution in [1.82, 2.24) is 9.88 Å². The molecule has 1 aliphatic heterocycles. The van der Waals surface area contributed by atoms with Gasteiger partial charge in [0.15, 0.2) is 5.76 Å². The number of hydrogen-bond acceptors (Lipinski definition) is 7. The molecule has 0 amide bonds. The molecule has 1 aromatic heterocycles. The standard InChI is InChI=1S/C23H26N2O6S/c1-15-5-8-20(9-6-15)32(28,29)24-14-23-21(27)10-7-19(30-23)12-17-13-22(31-25-17)16-3-2-4-18(26)11-16/h2-6,8-9,11,13,19,21,23-24,26-27H,7,10,12,14H2,1H3. The summed E-state index contributed by atoms with van der Waals surface area (Å²) in [6.45, 7) is 1.86. The summed E-state index contributed by atoms with van der Waals surface area (Å²) >= 11 is 0. The van der Waals surface area contributed by atoms with E-state index in [1.54, 1.807) is 48.5 Å². The van der Waals surface area contributed by atoms with Crippen LogP contribution in [-0.2, 0) is 21.2 Å². The normalized spacial score (nSPS) is 21.5. The summed E-state index contributed by atoms with van der Waals surface area (Å²) in [5.41, 5.74) is 2.37. The number of nitrogens with one attached hydrogen (secondary N) is 1. The van der Waals surface area contributed by atoms with Crippen LogP contribution in [0.1, 0.15) is 24.1 Å². The Kier molecular flexibility index (Phi) is 6.61. The summed E-state index contributed by atoms with van der Waals surface area (Å²) in [6.07, 6.45) is -0.0563. The summed E-state index contributed by atoms with van der Waals surface area (Å²) < 4.78 is 39.0. The number of aromatic hydroxyl groups is 1. The third-order valence-electron chi connectivity index (χ3n) is 5.51. The van der Waals surface area contributed by atoms with Gasteiger partial charge in [0.25, 0.3) is 0 Å². The minimum atomic E-state index is -3.70. The topological polar surface area (TPSA) is 122 Å². The monoisotopic (exact) mass is 458 g/mol. The molecule has 2 aromatic carbocycles. The number of nitrogens with zero attached hydrogens (tertiary/aromatic N) is 1. The SMILES string of the molecule is Cc1ccc(S(=O)(=O)NCC2OC(Cc3cc(-c4cccc(O)c4)on3)CCC2O)cc1. The summed E-state index contributed by atoms with van der Waals surface area (Å²) in [5, 5.41) is 24.0. The zero-order valence-electron chi connectivity index (χ0n) is 17.6. The van der Waals surface area contributed by atoms with Crippen molar-refractivity contribution in [3.8, 4) is 17.1 Å². The van der Waals surface area contributed by atoms with Crippen LogP contribution in [0.15, 0.2) is 64.0 Å². The molecule has 0 radical (unpaired) electrons. The first-order chi connectivity index (χ1) is 15.3. The molecule has 170 valence electrons. The quantitative estimate of drug-likeness (QED) is 0.498. The van der Waals surface area contributed by atoms with Gasteiger partial charge >= 0.3 is 0 Å². The second-order valence-corrected chi connectivity index (χ2v) is 9.81. The van der Waals surface area contributed by atoms with E-state index in [4.69, 9.17) is 9.26 Å². The highest BCUT2D eigenvalue weighted by atomic mass is 32.2. The number of sulfonamides is 1. The number of aryl methyl sites for hydroxylation is 1. The Morgan fingerprint density at radius 1 is 1.12 bits per heavy atom. The van der Waals surface area contributed by atoms with E-state index in [2.05, 4.69) is 9.88 Å².